The molecule has 5 N–H and O–H groups in total. The molecule has 0 aromatic heterocycles. The molecule has 0 bridgehead atoms. The first-order valence-electron chi connectivity index (χ1n) is 3.68. The van der Waals surface area contributed by atoms with Crippen LogP contribution in [0.25, 0.3) is 0 Å². The highest BCUT2D eigenvalue weighted by atomic mass is 16.5. The summed E-state index contributed by atoms with van der Waals surface area (Å²) in [5.74, 6) is 0. The van der Waals surface area contributed by atoms with Crippen LogP contribution in [0.15, 0.2) is 0 Å². The van der Waals surface area contributed by atoms with Crippen molar-refractivity contribution in [2.75, 3.05) is 13.2 Å². The van der Waals surface area contributed by atoms with E-state index < -0.39 is 31.0 Å². The molecule has 1 heterocycles. The van der Waals surface area contributed by atoms with E-state index >= 15 is 0 Å². The van der Waals surface area contributed by atoms with Crippen molar-refractivity contribution in [1.82, 2.24) is 5.06 Å². The van der Waals surface area contributed by atoms with Gasteiger partial charge in [-0.2, -0.15) is 5.06 Å². The number of nitrogens with zero attached hydrogens (tertiary/aromatic N) is 1. The van der Waals surface area contributed by atoms with Gasteiger partial charge in [-0.05, 0) is 0 Å². The Bertz CT molecular complexity index is 155. The third kappa shape index (κ3) is 1.58. The van der Waals surface area contributed by atoms with E-state index in [1.54, 1.807) is 0 Å². The molecule has 0 aromatic rings. The molecule has 6 heteroatoms. The van der Waals surface area contributed by atoms with Crippen molar-refractivity contribution >= 4 is 0 Å². The minimum atomic E-state index is -1.33. The van der Waals surface area contributed by atoms with Gasteiger partial charge in [-0.1, -0.05) is 0 Å². The lowest BCUT2D eigenvalue weighted by Gasteiger charge is -2.39. The molecule has 12 heavy (non-hydrogen) atoms. The standard InChI is InChI=1S/C6H13NO5/c8-2-3-5(10)6(11)4(9)1-7(3)12/h3-6,8-12H,1-2H2. The second-order valence-electron chi connectivity index (χ2n) is 2.92. The van der Waals surface area contributed by atoms with Gasteiger partial charge in [0.05, 0.1) is 25.3 Å². The van der Waals surface area contributed by atoms with Crippen LogP contribution in [0.5, 0.6) is 0 Å². The van der Waals surface area contributed by atoms with Gasteiger partial charge in [-0.25, -0.2) is 0 Å². The first-order chi connectivity index (χ1) is 5.57. The number of hydrogen-bond acceptors (Lipinski definition) is 6. The molecule has 1 aliphatic rings. The van der Waals surface area contributed by atoms with Crippen molar-refractivity contribution in [2.24, 2.45) is 0 Å². The molecule has 4 atom stereocenters. The van der Waals surface area contributed by atoms with E-state index in [1.807, 2.05) is 0 Å². The fraction of sp³-hybridized carbons (Fsp3) is 1.00. The van der Waals surface area contributed by atoms with Crippen molar-refractivity contribution in [3.8, 4) is 0 Å². The summed E-state index contributed by atoms with van der Waals surface area (Å²) in [6, 6.07) is -0.927. The maximum atomic E-state index is 9.21. The van der Waals surface area contributed by atoms with Crippen LogP contribution in [0.3, 0.4) is 0 Å². The molecular weight excluding hydrogens is 166 g/mol. The minimum Gasteiger partial charge on any atom is -0.395 e. The van der Waals surface area contributed by atoms with Gasteiger partial charge in [0, 0.05) is 0 Å². The summed E-state index contributed by atoms with van der Waals surface area (Å²) in [6.07, 6.45) is -3.83. The molecule has 1 rings (SSSR count). The van der Waals surface area contributed by atoms with Crippen LogP contribution in [0.4, 0.5) is 0 Å². The monoisotopic (exact) mass is 179 g/mol. The quantitative estimate of drug-likeness (QED) is 0.296. The van der Waals surface area contributed by atoms with Gasteiger partial charge >= 0.3 is 0 Å². The molecule has 1 aliphatic heterocycles. The second kappa shape index (κ2) is 3.65. The van der Waals surface area contributed by atoms with E-state index in [0.29, 0.717) is 5.06 Å². The number of piperidine rings is 1. The van der Waals surface area contributed by atoms with Gasteiger partial charge in [0.2, 0.25) is 0 Å². The second-order valence-corrected chi connectivity index (χ2v) is 2.92. The Morgan fingerprint density at radius 3 is 2.25 bits per heavy atom. The number of rotatable bonds is 1. The molecule has 0 aromatic carbocycles. The van der Waals surface area contributed by atoms with Crippen LogP contribution in [-0.2, 0) is 0 Å². The average Bonchev–Trinajstić information content (AvgIpc) is 2.01. The molecule has 1 saturated heterocycles. The zero-order valence-electron chi connectivity index (χ0n) is 6.41. The van der Waals surface area contributed by atoms with Crippen LogP contribution in [0.2, 0.25) is 0 Å². The molecule has 0 aliphatic carbocycles. The Morgan fingerprint density at radius 1 is 1.17 bits per heavy atom. The predicted octanol–water partition coefficient (Wildman–Crippen LogP) is -2.87. The van der Waals surface area contributed by atoms with Crippen molar-refractivity contribution in [1.29, 1.82) is 0 Å². The summed E-state index contributed by atoms with van der Waals surface area (Å²) >= 11 is 0. The van der Waals surface area contributed by atoms with E-state index in [4.69, 9.17) is 20.5 Å². The van der Waals surface area contributed by atoms with Gasteiger partial charge in [-0.3, -0.25) is 0 Å². The number of hydroxylamine groups is 2. The van der Waals surface area contributed by atoms with E-state index in [-0.39, 0.29) is 6.54 Å². The minimum absolute atomic E-state index is 0.177. The number of aliphatic hydroxyl groups is 4. The summed E-state index contributed by atoms with van der Waals surface area (Å²) in [5, 5.41) is 45.7. The van der Waals surface area contributed by atoms with Gasteiger partial charge < -0.3 is 25.6 Å². The van der Waals surface area contributed by atoms with Gasteiger partial charge in [0.1, 0.15) is 12.2 Å². The SMILES string of the molecule is OCC1C(O)C(O)C(O)CN1O. The largest absolute Gasteiger partial charge is 0.395 e. The molecule has 6 nitrogen and oxygen atoms in total. The molecule has 4 unspecified atom stereocenters. The highest BCUT2D eigenvalue weighted by Gasteiger charge is 2.40. The van der Waals surface area contributed by atoms with Crippen molar-refractivity contribution in [2.45, 2.75) is 24.4 Å². The Morgan fingerprint density at radius 2 is 1.75 bits per heavy atom. The zero-order valence-corrected chi connectivity index (χ0v) is 6.41. The molecular formula is C6H13NO5. The summed E-state index contributed by atoms with van der Waals surface area (Å²) in [6.45, 7) is -0.648. The van der Waals surface area contributed by atoms with E-state index in [2.05, 4.69) is 0 Å². The molecule has 0 radical (unpaired) electrons. The first kappa shape index (κ1) is 9.85. The maximum absolute atomic E-state index is 9.21. The molecule has 0 spiro atoms. The van der Waals surface area contributed by atoms with E-state index in [1.165, 1.54) is 0 Å². The van der Waals surface area contributed by atoms with E-state index in [0.717, 1.165) is 0 Å². The lowest BCUT2D eigenvalue weighted by atomic mass is 9.96. The summed E-state index contributed by atoms with van der Waals surface area (Å²) in [5.41, 5.74) is 0. The van der Waals surface area contributed by atoms with Crippen LogP contribution in [-0.4, -0.2) is 68.2 Å². The molecule has 72 valence electrons. The summed E-state index contributed by atoms with van der Waals surface area (Å²) in [7, 11) is 0. The van der Waals surface area contributed by atoms with Crippen molar-refractivity contribution in [3.05, 3.63) is 0 Å². The number of hydrogen-bond donors (Lipinski definition) is 5. The molecule has 1 fully saturated rings. The Hall–Kier alpha value is -0.240. The topological polar surface area (TPSA) is 104 Å². The van der Waals surface area contributed by atoms with Crippen LogP contribution in [0.1, 0.15) is 0 Å². The Balaban J connectivity index is 2.65. The predicted molar refractivity (Wildman–Crippen MR) is 37.4 cm³/mol. The Labute approximate surface area is 69.2 Å². The third-order valence-corrected chi connectivity index (χ3v) is 2.08. The fourth-order valence-corrected chi connectivity index (χ4v) is 1.27. The van der Waals surface area contributed by atoms with Gasteiger partial charge in [-0.15, -0.1) is 0 Å². The highest BCUT2D eigenvalue weighted by molar-refractivity contribution is 4.90. The number of aliphatic hydroxyl groups excluding tert-OH is 4. The Kier molecular flexibility index (Phi) is 2.99. The summed E-state index contributed by atoms with van der Waals surface area (Å²) in [4.78, 5) is 0. The van der Waals surface area contributed by atoms with Crippen LogP contribution >= 0.6 is 0 Å². The van der Waals surface area contributed by atoms with Crippen LogP contribution in [0, 0.1) is 0 Å². The number of β-amino-alcohol motifs (C(OH)–C–C–N with tert-alkyl or cyclic N) is 1. The highest BCUT2D eigenvalue weighted by Crippen LogP contribution is 2.16. The zero-order chi connectivity index (χ0) is 9.30. The molecule has 0 saturated carbocycles. The molecule has 0 amide bonds. The third-order valence-electron chi connectivity index (χ3n) is 2.08. The first-order valence-corrected chi connectivity index (χ1v) is 3.68. The fourth-order valence-electron chi connectivity index (χ4n) is 1.27. The lowest BCUT2D eigenvalue weighted by Crippen LogP contribution is -2.61. The maximum Gasteiger partial charge on any atom is 0.109 e. The van der Waals surface area contributed by atoms with Crippen molar-refractivity contribution < 1.29 is 25.6 Å². The van der Waals surface area contributed by atoms with Crippen molar-refractivity contribution in [3.63, 3.8) is 0 Å². The normalized spacial score (nSPS) is 44.8. The lowest BCUT2D eigenvalue weighted by molar-refractivity contribution is -0.239. The smallest absolute Gasteiger partial charge is 0.109 e. The summed E-state index contributed by atoms with van der Waals surface area (Å²) < 4.78 is 0. The van der Waals surface area contributed by atoms with Gasteiger partial charge in [0.25, 0.3) is 0 Å². The van der Waals surface area contributed by atoms with Crippen LogP contribution < -0.4 is 0 Å². The van der Waals surface area contributed by atoms with Gasteiger partial charge in [0.15, 0.2) is 0 Å². The van der Waals surface area contributed by atoms with E-state index in [9.17, 15) is 5.11 Å². The average molecular weight is 179 g/mol.